The van der Waals surface area contributed by atoms with Crippen LogP contribution in [0.15, 0.2) is 24.4 Å². The highest BCUT2D eigenvalue weighted by Gasteiger charge is 2.25. The molecule has 1 fully saturated rings. The summed E-state index contributed by atoms with van der Waals surface area (Å²) in [6, 6.07) is 6.87. The molecule has 0 bridgehead atoms. The zero-order valence-corrected chi connectivity index (χ0v) is 18.0. The maximum Gasteiger partial charge on any atom is 0.265 e. The summed E-state index contributed by atoms with van der Waals surface area (Å²) < 4.78 is 2.09. The molecule has 150 valence electrons. The van der Waals surface area contributed by atoms with Gasteiger partial charge in [-0.25, -0.2) is 4.98 Å². The number of hydrogen-bond donors (Lipinski definition) is 0. The van der Waals surface area contributed by atoms with Gasteiger partial charge in [-0.1, -0.05) is 50.5 Å². The first-order valence-electron chi connectivity index (χ1n) is 10.5. The zero-order valence-electron chi connectivity index (χ0n) is 17.1. The maximum absolute atomic E-state index is 13.0. The molecule has 0 aliphatic heterocycles. The topological polar surface area (TPSA) is 40.9 Å². The number of rotatable bonds is 6. The quantitative estimate of drug-likeness (QED) is 0.599. The van der Waals surface area contributed by atoms with Crippen LogP contribution >= 0.6 is 11.3 Å². The van der Waals surface area contributed by atoms with Gasteiger partial charge in [0.05, 0.1) is 11.0 Å². The van der Waals surface area contributed by atoms with Crippen molar-refractivity contribution in [1.29, 1.82) is 0 Å². The predicted octanol–water partition coefficient (Wildman–Crippen LogP) is 4.80. The molecule has 2 heterocycles. The molecular weight excluding hydrogens is 368 g/mol. The maximum atomic E-state index is 13.0. The Morgan fingerprint density at radius 3 is 2.68 bits per heavy atom. The predicted molar refractivity (Wildman–Crippen MR) is 116 cm³/mol. The third kappa shape index (κ3) is 3.67. The summed E-state index contributed by atoms with van der Waals surface area (Å²) in [5.74, 6) is 0.134. The fraction of sp³-hybridized carbons (Fsp3) is 0.545. The van der Waals surface area contributed by atoms with E-state index in [0.29, 0.717) is 6.04 Å². The summed E-state index contributed by atoms with van der Waals surface area (Å²) in [6.07, 6.45) is 8.00. The highest BCUT2D eigenvalue weighted by Crippen LogP contribution is 2.28. The molecule has 1 saturated carbocycles. The summed E-state index contributed by atoms with van der Waals surface area (Å²) in [6.45, 7) is 7.41. The molecule has 1 aromatic carbocycles. The number of nitrogens with zero attached hydrogens (tertiary/aromatic N) is 4. The van der Waals surface area contributed by atoms with Crippen molar-refractivity contribution in [3.05, 3.63) is 34.8 Å². The van der Waals surface area contributed by atoms with E-state index in [1.54, 1.807) is 0 Å². The van der Waals surface area contributed by atoms with Gasteiger partial charge in [-0.2, -0.15) is 0 Å². The lowest BCUT2D eigenvalue weighted by Gasteiger charge is -2.30. The van der Waals surface area contributed by atoms with Crippen molar-refractivity contribution in [3.63, 3.8) is 0 Å². The van der Waals surface area contributed by atoms with E-state index in [0.717, 1.165) is 53.3 Å². The van der Waals surface area contributed by atoms with E-state index in [-0.39, 0.29) is 5.91 Å². The van der Waals surface area contributed by atoms with Crippen LogP contribution in [0.25, 0.3) is 16.0 Å². The van der Waals surface area contributed by atoms with Gasteiger partial charge in [-0.15, -0.1) is 0 Å². The molecule has 3 aromatic rings. The van der Waals surface area contributed by atoms with Crippen LogP contribution in [0.2, 0.25) is 0 Å². The van der Waals surface area contributed by atoms with Crippen molar-refractivity contribution in [3.8, 4) is 0 Å². The van der Waals surface area contributed by atoms with Gasteiger partial charge >= 0.3 is 0 Å². The van der Waals surface area contributed by atoms with Crippen LogP contribution in [0.1, 0.15) is 61.2 Å². The number of aromatic nitrogens is 2. The van der Waals surface area contributed by atoms with Gasteiger partial charge in [-0.05, 0) is 43.6 Å². The van der Waals surface area contributed by atoms with Gasteiger partial charge in [0.2, 0.25) is 0 Å². The molecule has 0 N–H and O–H groups in total. The van der Waals surface area contributed by atoms with Crippen LogP contribution in [0.5, 0.6) is 0 Å². The Kier molecular flexibility index (Phi) is 5.69. The standard InChI is InChI=1S/C22H30N4OS/c1-4-25(5-2)14-16-11-12-18-19(13-16)26-15-20(28-22(26)23-18)21(27)24(3)17-9-7-6-8-10-17/h11-13,15,17H,4-10,14H2,1-3H3. The molecule has 4 rings (SSSR count). The normalized spacial score (nSPS) is 15.7. The highest BCUT2D eigenvalue weighted by molar-refractivity contribution is 7.18. The van der Waals surface area contributed by atoms with Crippen LogP contribution in [0, 0.1) is 0 Å². The summed E-state index contributed by atoms with van der Waals surface area (Å²) >= 11 is 1.50. The highest BCUT2D eigenvalue weighted by atomic mass is 32.1. The molecule has 0 saturated heterocycles. The lowest BCUT2D eigenvalue weighted by molar-refractivity contribution is 0.0701. The van der Waals surface area contributed by atoms with Crippen molar-refractivity contribution in [2.24, 2.45) is 0 Å². The first-order chi connectivity index (χ1) is 13.6. The lowest BCUT2D eigenvalue weighted by Crippen LogP contribution is -2.37. The molecule has 28 heavy (non-hydrogen) atoms. The van der Waals surface area contributed by atoms with Crippen molar-refractivity contribution < 1.29 is 4.79 Å². The molecule has 0 radical (unpaired) electrons. The average Bonchev–Trinajstić information content (AvgIpc) is 3.29. The number of amides is 1. The van der Waals surface area contributed by atoms with Crippen LogP contribution < -0.4 is 0 Å². The molecule has 6 heteroatoms. The molecule has 1 aliphatic rings. The van der Waals surface area contributed by atoms with E-state index in [4.69, 9.17) is 4.98 Å². The minimum absolute atomic E-state index is 0.134. The third-order valence-electron chi connectivity index (χ3n) is 6.12. The average molecular weight is 399 g/mol. The minimum atomic E-state index is 0.134. The first kappa shape index (κ1) is 19.4. The second-order valence-electron chi connectivity index (χ2n) is 7.85. The van der Waals surface area contributed by atoms with E-state index in [2.05, 4.69) is 41.3 Å². The van der Waals surface area contributed by atoms with Crippen molar-refractivity contribution in [2.75, 3.05) is 20.1 Å². The van der Waals surface area contributed by atoms with Gasteiger partial charge in [0.15, 0.2) is 4.96 Å². The van der Waals surface area contributed by atoms with E-state index < -0.39 is 0 Å². The van der Waals surface area contributed by atoms with E-state index in [9.17, 15) is 4.79 Å². The second kappa shape index (κ2) is 8.21. The van der Waals surface area contributed by atoms with Gasteiger partial charge in [0, 0.05) is 25.8 Å². The number of fused-ring (bicyclic) bond motifs is 3. The van der Waals surface area contributed by atoms with E-state index in [1.807, 2.05) is 18.1 Å². The largest absolute Gasteiger partial charge is 0.338 e. The zero-order chi connectivity index (χ0) is 19.7. The monoisotopic (exact) mass is 398 g/mol. The van der Waals surface area contributed by atoms with Crippen molar-refractivity contribution >= 4 is 33.2 Å². The van der Waals surface area contributed by atoms with E-state index >= 15 is 0 Å². The SMILES string of the molecule is CCN(CC)Cc1ccc2nc3sc(C(=O)N(C)C4CCCCC4)cn3c2c1. The molecule has 0 unspecified atom stereocenters. The smallest absolute Gasteiger partial charge is 0.265 e. The van der Waals surface area contributed by atoms with Crippen molar-refractivity contribution in [1.82, 2.24) is 19.2 Å². The van der Waals surface area contributed by atoms with Crippen LogP contribution in [-0.4, -0.2) is 51.3 Å². The number of imidazole rings is 1. The van der Waals surface area contributed by atoms with Crippen LogP contribution in [-0.2, 0) is 6.54 Å². The lowest BCUT2D eigenvalue weighted by atomic mass is 9.94. The number of thiazole rings is 1. The Hall–Kier alpha value is -1.92. The second-order valence-corrected chi connectivity index (χ2v) is 8.86. The van der Waals surface area contributed by atoms with Crippen molar-refractivity contribution in [2.45, 2.75) is 58.5 Å². The Labute approximate surface area is 171 Å². The summed E-state index contributed by atoms with van der Waals surface area (Å²) in [5.41, 5.74) is 3.38. The molecule has 0 atom stereocenters. The number of hydrogen-bond acceptors (Lipinski definition) is 4. The molecule has 5 nitrogen and oxygen atoms in total. The Morgan fingerprint density at radius 1 is 1.21 bits per heavy atom. The molecule has 1 aliphatic carbocycles. The Morgan fingerprint density at radius 2 is 1.96 bits per heavy atom. The van der Waals surface area contributed by atoms with E-state index in [1.165, 1.54) is 36.2 Å². The number of benzene rings is 1. The Balaban J connectivity index is 1.62. The molecule has 2 aromatic heterocycles. The summed E-state index contributed by atoms with van der Waals surface area (Å²) in [7, 11) is 1.96. The molecule has 0 spiro atoms. The third-order valence-corrected chi connectivity index (χ3v) is 7.09. The van der Waals surface area contributed by atoms with Gasteiger partial charge < -0.3 is 4.90 Å². The fourth-order valence-corrected chi connectivity index (χ4v) is 5.25. The molecule has 1 amide bonds. The number of carbonyl (C=O) groups excluding carboxylic acids is 1. The Bertz CT molecular complexity index is 966. The fourth-order valence-electron chi connectivity index (χ4n) is 4.27. The van der Waals surface area contributed by atoms with Gasteiger partial charge in [0.1, 0.15) is 4.88 Å². The summed E-state index contributed by atoms with van der Waals surface area (Å²) in [4.78, 5) is 23.8. The van der Waals surface area contributed by atoms with Crippen LogP contribution in [0.4, 0.5) is 0 Å². The first-order valence-corrected chi connectivity index (χ1v) is 11.3. The molecular formula is C22H30N4OS. The van der Waals surface area contributed by atoms with Crippen LogP contribution in [0.3, 0.4) is 0 Å². The van der Waals surface area contributed by atoms with Gasteiger partial charge in [0.25, 0.3) is 5.91 Å². The number of carbonyl (C=O) groups is 1. The van der Waals surface area contributed by atoms with Gasteiger partial charge in [-0.3, -0.25) is 14.1 Å². The summed E-state index contributed by atoms with van der Waals surface area (Å²) in [5, 5.41) is 0. The minimum Gasteiger partial charge on any atom is -0.338 e.